The van der Waals surface area contributed by atoms with Crippen molar-refractivity contribution >= 4 is 46.0 Å². The molecule has 1 fully saturated rings. The molecule has 3 nitrogen and oxygen atoms in total. The third kappa shape index (κ3) is 4.55. The van der Waals surface area contributed by atoms with Gasteiger partial charge in [-0.1, -0.05) is 66.4 Å². The molecule has 1 saturated heterocycles. The molecule has 0 aliphatic carbocycles. The molecule has 6 heteroatoms. The van der Waals surface area contributed by atoms with Crippen LogP contribution in [0.2, 0.25) is 0 Å². The van der Waals surface area contributed by atoms with E-state index in [1.165, 1.54) is 23.9 Å². The number of amides is 1. The maximum atomic E-state index is 13.0. The molecule has 0 radical (unpaired) electrons. The summed E-state index contributed by atoms with van der Waals surface area (Å²) >= 11 is 6.68. The van der Waals surface area contributed by atoms with E-state index < -0.39 is 0 Å². The first-order chi connectivity index (χ1) is 14.1. The van der Waals surface area contributed by atoms with E-state index in [1.54, 1.807) is 17.0 Å². The Morgan fingerprint density at radius 1 is 1.00 bits per heavy atom. The van der Waals surface area contributed by atoms with Gasteiger partial charge in [-0.05, 0) is 53.6 Å². The Morgan fingerprint density at radius 2 is 1.76 bits per heavy atom. The Labute approximate surface area is 177 Å². The summed E-state index contributed by atoms with van der Waals surface area (Å²) in [5.41, 5.74) is 2.48. The van der Waals surface area contributed by atoms with Crippen LogP contribution in [0.4, 0.5) is 10.1 Å². The summed E-state index contributed by atoms with van der Waals surface area (Å²) in [6.07, 6.45) is 1.81. The number of halogens is 1. The molecule has 3 aromatic carbocycles. The molecule has 0 aromatic heterocycles. The van der Waals surface area contributed by atoms with Crippen LogP contribution in [-0.2, 0) is 11.4 Å². The van der Waals surface area contributed by atoms with Crippen molar-refractivity contribution in [1.29, 1.82) is 0 Å². The Kier molecular flexibility index (Phi) is 5.74. The molecule has 1 aliphatic rings. The first kappa shape index (κ1) is 19.4. The first-order valence-electron chi connectivity index (χ1n) is 8.90. The summed E-state index contributed by atoms with van der Waals surface area (Å²) in [5, 5.41) is 0. The summed E-state index contributed by atoms with van der Waals surface area (Å²) in [6, 6.07) is 23.0. The third-order valence-corrected chi connectivity index (χ3v) is 5.58. The van der Waals surface area contributed by atoms with Crippen LogP contribution in [0.1, 0.15) is 11.1 Å². The summed E-state index contributed by atoms with van der Waals surface area (Å²) in [6.45, 7) is 0.333. The maximum Gasteiger partial charge on any atom is 0.270 e. The Hall–Kier alpha value is -2.96. The summed E-state index contributed by atoms with van der Waals surface area (Å²) in [4.78, 5) is 14.9. The molecule has 0 unspecified atom stereocenters. The standard InChI is InChI=1S/C23H16FNO2S2/c24-18-11-9-16(10-12-18)15-27-20-8-4-5-17(13-20)14-21-22(26)25(23(28)29-21)19-6-2-1-3-7-19/h1-14H,15H2/b21-14+. The van der Waals surface area contributed by atoms with Crippen molar-refractivity contribution in [2.45, 2.75) is 6.61 Å². The lowest BCUT2D eigenvalue weighted by Gasteiger charge is -2.13. The molecule has 1 aliphatic heterocycles. The Morgan fingerprint density at radius 3 is 2.52 bits per heavy atom. The van der Waals surface area contributed by atoms with Gasteiger partial charge < -0.3 is 4.74 Å². The minimum atomic E-state index is -0.274. The number of carbonyl (C=O) groups is 1. The Bertz CT molecular complexity index is 1080. The first-order valence-corrected chi connectivity index (χ1v) is 10.1. The second-order valence-electron chi connectivity index (χ2n) is 6.34. The largest absolute Gasteiger partial charge is 0.489 e. The lowest BCUT2D eigenvalue weighted by atomic mass is 10.2. The topological polar surface area (TPSA) is 29.5 Å². The number of rotatable bonds is 5. The number of para-hydroxylation sites is 1. The molecule has 0 atom stereocenters. The van der Waals surface area contributed by atoms with Crippen molar-refractivity contribution < 1.29 is 13.9 Å². The molecule has 4 rings (SSSR count). The molecule has 144 valence electrons. The minimum Gasteiger partial charge on any atom is -0.489 e. The number of anilines is 1. The van der Waals surface area contributed by atoms with Gasteiger partial charge in [0.2, 0.25) is 0 Å². The average Bonchev–Trinajstić information content (AvgIpc) is 3.01. The van der Waals surface area contributed by atoms with E-state index in [-0.39, 0.29) is 11.7 Å². The van der Waals surface area contributed by atoms with Crippen LogP contribution in [0.5, 0.6) is 5.75 Å². The zero-order valence-corrected chi connectivity index (χ0v) is 16.9. The quantitative estimate of drug-likeness (QED) is 0.384. The van der Waals surface area contributed by atoms with Crippen molar-refractivity contribution in [2.75, 3.05) is 4.90 Å². The summed E-state index contributed by atoms with van der Waals surface area (Å²) in [7, 11) is 0. The number of thioether (sulfide) groups is 1. The normalized spacial score (nSPS) is 15.2. The highest BCUT2D eigenvalue weighted by molar-refractivity contribution is 8.27. The van der Waals surface area contributed by atoms with Crippen molar-refractivity contribution in [3.63, 3.8) is 0 Å². The molecular weight excluding hydrogens is 405 g/mol. The highest BCUT2D eigenvalue weighted by Gasteiger charge is 2.33. The van der Waals surface area contributed by atoms with Crippen molar-refractivity contribution in [2.24, 2.45) is 0 Å². The third-order valence-electron chi connectivity index (χ3n) is 4.28. The van der Waals surface area contributed by atoms with Gasteiger partial charge in [0.1, 0.15) is 18.2 Å². The van der Waals surface area contributed by atoms with Crippen LogP contribution >= 0.6 is 24.0 Å². The van der Waals surface area contributed by atoms with Gasteiger partial charge in [-0.2, -0.15) is 0 Å². The van der Waals surface area contributed by atoms with E-state index in [9.17, 15) is 9.18 Å². The average molecular weight is 422 g/mol. The second kappa shape index (κ2) is 8.59. The van der Waals surface area contributed by atoms with Crippen molar-refractivity contribution in [1.82, 2.24) is 0 Å². The van der Waals surface area contributed by atoms with Crippen LogP contribution in [0.25, 0.3) is 6.08 Å². The molecule has 0 saturated carbocycles. The van der Waals surface area contributed by atoms with Crippen LogP contribution < -0.4 is 9.64 Å². The highest BCUT2D eigenvalue weighted by Crippen LogP contribution is 2.36. The molecular formula is C23H16FNO2S2. The minimum absolute atomic E-state index is 0.135. The van der Waals surface area contributed by atoms with Gasteiger partial charge in [0.15, 0.2) is 4.32 Å². The van der Waals surface area contributed by atoms with Gasteiger partial charge in [-0.3, -0.25) is 9.69 Å². The maximum absolute atomic E-state index is 13.0. The van der Waals surface area contributed by atoms with E-state index in [0.29, 0.717) is 21.6 Å². The monoisotopic (exact) mass is 421 g/mol. The number of benzene rings is 3. The van der Waals surface area contributed by atoms with Crippen LogP contribution in [0.3, 0.4) is 0 Å². The molecule has 1 amide bonds. The van der Waals surface area contributed by atoms with E-state index >= 15 is 0 Å². The summed E-state index contributed by atoms with van der Waals surface area (Å²) in [5.74, 6) is 0.258. The number of ether oxygens (including phenoxy) is 1. The molecule has 1 heterocycles. The number of hydrogen-bond donors (Lipinski definition) is 0. The number of thiocarbonyl (C=S) groups is 1. The lowest BCUT2D eigenvalue weighted by Crippen LogP contribution is -2.27. The summed E-state index contributed by atoms with van der Waals surface area (Å²) < 4.78 is 19.3. The predicted octanol–water partition coefficient (Wildman–Crippen LogP) is 5.81. The molecule has 0 spiro atoms. The van der Waals surface area contributed by atoms with Gasteiger partial charge >= 0.3 is 0 Å². The number of carbonyl (C=O) groups excluding carboxylic acids is 1. The van der Waals surface area contributed by atoms with E-state index in [4.69, 9.17) is 17.0 Å². The number of hydrogen-bond acceptors (Lipinski definition) is 4. The smallest absolute Gasteiger partial charge is 0.270 e. The molecule has 29 heavy (non-hydrogen) atoms. The zero-order valence-electron chi connectivity index (χ0n) is 15.2. The highest BCUT2D eigenvalue weighted by atomic mass is 32.2. The van der Waals surface area contributed by atoms with Gasteiger partial charge in [-0.15, -0.1) is 0 Å². The second-order valence-corrected chi connectivity index (χ2v) is 8.02. The van der Waals surface area contributed by atoms with Crippen LogP contribution in [0.15, 0.2) is 83.8 Å². The predicted molar refractivity (Wildman–Crippen MR) is 119 cm³/mol. The fourth-order valence-electron chi connectivity index (χ4n) is 2.86. The molecule has 3 aromatic rings. The van der Waals surface area contributed by atoms with Crippen LogP contribution in [-0.4, -0.2) is 10.2 Å². The SMILES string of the molecule is O=C1/C(=C\c2cccc(OCc3ccc(F)cc3)c2)SC(=S)N1c1ccccc1. The lowest BCUT2D eigenvalue weighted by molar-refractivity contribution is -0.113. The van der Waals surface area contributed by atoms with Gasteiger partial charge in [0, 0.05) is 0 Å². The Balaban J connectivity index is 1.50. The molecule has 0 bridgehead atoms. The zero-order chi connectivity index (χ0) is 20.2. The van der Waals surface area contributed by atoms with Crippen molar-refractivity contribution in [3.8, 4) is 5.75 Å². The fourth-order valence-corrected chi connectivity index (χ4v) is 4.16. The van der Waals surface area contributed by atoms with Crippen LogP contribution in [0, 0.1) is 5.82 Å². The van der Waals surface area contributed by atoms with E-state index in [0.717, 1.165) is 16.8 Å². The molecule has 0 N–H and O–H groups in total. The van der Waals surface area contributed by atoms with E-state index in [1.807, 2.05) is 60.7 Å². The van der Waals surface area contributed by atoms with Crippen molar-refractivity contribution in [3.05, 3.63) is 101 Å². The van der Waals surface area contributed by atoms with E-state index in [2.05, 4.69) is 0 Å². The van der Waals surface area contributed by atoms with Gasteiger partial charge in [0.25, 0.3) is 5.91 Å². The fraction of sp³-hybridized carbons (Fsp3) is 0.0435. The van der Waals surface area contributed by atoms with Gasteiger partial charge in [0.05, 0.1) is 10.6 Å². The van der Waals surface area contributed by atoms with Gasteiger partial charge in [-0.25, -0.2) is 4.39 Å². The number of nitrogens with zero attached hydrogens (tertiary/aromatic N) is 1.